The molecule has 5 rings (SSSR count). The van der Waals surface area contributed by atoms with Crippen molar-refractivity contribution in [1.29, 1.82) is 5.26 Å². The summed E-state index contributed by atoms with van der Waals surface area (Å²) in [7, 11) is 0. The smallest absolute Gasteiger partial charge is 0.252 e. The monoisotopic (exact) mass is 477 g/mol. The Hall–Kier alpha value is -5.23. The van der Waals surface area contributed by atoms with Gasteiger partial charge in [0, 0.05) is 34.3 Å². The number of carbonyl (C=O) groups excluding carboxylic acids is 2. The van der Waals surface area contributed by atoms with Gasteiger partial charge < -0.3 is 20.2 Å². The lowest BCUT2D eigenvalue weighted by Crippen LogP contribution is -2.16. The van der Waals surface area contributed by atoms with E-state index >= 15 is 0 Å². The number of ether oxygens (including phenoxy) is 2. The van der Waals surface area contributed by atoms with Crippen LogP contribution in [0.3, 0.4) is 0 Å². The van der Waals surface area contributed by atoms with Crippen LogP contribution in [-0.4, -0.2) is 33.5 Å². The molecule has 36 heavy (non-hydrogen) atoms. The first-order valence-corrected chi connectivity index (χ1v) is 10.9. The predicted molar refractivity (Wildman–Crippen MR) is 132 cm³/mol. The molecule has 0 aliphatic heterocycles. The van der Waals surface area contributed by atoms with Crippen molar-refractivity contribution in [3.05, 3.63) is 89.2 Å². The van der Waals surface area contributed by atoms with E-state index in [4.69, 9.17) is 20.5 Å². The summed E-state index contributed by atoms with van der Waals surface area (Å²) in [4.78, 5) is 28.1. The van der Waals surface area contributed by atoms with Crippen LogP contribution in [0.25, 0.3) is 21.7 Å². The average Bonchev–Trinajstić information content (AvgIpc) is 3.31. The third-order valence-electron chi connectivity index (χ3n) is 5.74. The topological polar surface area (TPSA) is 144 Å². The van der Waals surface area contributed by atoms with Gasteiger partial charge in [-0.3, -0.25) is 9.59 Å². The maximum Gasteiger partial charge on any atom is 0.252 e. The standard InChI is InChI=1S/C27H19N5O4/c1-15-6-7-31-32-27(15)36-19-4-5-20-22(13-30-23(20)11-19)24(33)14-35-25-10-17-3-2-16(12-28)8-18(17)9-21(25)26(29)34/h2-11,13,30H,14H2,1H3,(H2,29,34). The summed E-state index contributed by atoms with van der Waals surface area (Å²) in [5.74, 6) is 0.167. The van der Waals surface area contributed by atoms with Gasteiger partial charge in [-0.25, -0.2) is 0 Å². The zero-order valence-electron chi connectivity index (χ0n) is 19.1. The summed E-state index contributed by atoms with van der Waals surface area (Å²) >= 11 is 0. The highest BCUT2D eigenvalue weighted by Gasteiger charge is 2.17. The second kappa shape index (κ2) is 9.19. The van der Waals surface area contributed by atoms with E-state index in [1.54, 1.807) is 67.0 Å². The van der Waals surface area contributed by atoms with Crippen LogP contribution in [0.5, 0.6) is 17.4 Å². The summed E-state index contributed by atoms with van der Waals surface area (Å²) in [6.45, 7) is 1.57. The zero-order valence-corrected chi connectivity index (χ0v) is 19.1. The molecule has 0 radical (unpaired) electrons. The molecule has 0 aliphatic carbocycles. The summed E-state index contributed by atoms with van der Waals surface area (Å²) in [5.41, 5.74) is 8.11. The molecule has 0 bridgehead atoms. The number of nitrogens with zero attached hydrogens (tertiary/aromatic N) is 3. The van der Waals surface area contributed by atoms with Gasteiger partial charge in [0.1, 0.15) is 11.5 Å². The number of aryl methyl sites for hydroxylation is 1. The number of ketones is 1. The van der Waals surface area contributed by atoms with Gasteiger partial charge in [-0.1, -0.05) is 6.07 Å². The summed E-state index contributed by atoms with van der Waals surface area (Å²) in [6.07, 6.45) is 3.19. The van der Waals surface area contributed by atoms with Crippen LogP contribution in [0.15, 0.2) is 67.0 Å². The van der Waals surface area contributed by atoms with Crippen molar-refractivity contribution in [1.82, 2.24) is 15.2 Å². The zero-order chi connectivity index (χ0) is 25.2. The van der Waals surface area contributed by atoms with Crippen molar-refractivity contribution >= 4 is 33.4 Å². The lowest BCUT2D eigenvalue weighted by molar-refractivity contribution is 0.0914. The highest BCUT2D eigenvalue weighted by atomic mass is 16.5. The van der Waals surface area contributed by atoms with Crippen molar-refractivity contribution in [2.75, 3.05) is 6.61 Å². The fourth-order valence-electron chi connectivity index (χ4n) is 3.87. The van der Waals surface area contributed by atoms with Gasteiger partial charge in [0.2, 0.25) is 11.7 Å². The Morgan fingerprint density at radius 2 is 1.92 bits per heavy atom. The highest BCUT2D eigenvalue weighted by Crippen LogP contribution is 2.29. The minimum atomic E-state index is -0.695. The van der Waals surface area contributed by atoms with E-state index in [0.29, 0.717) is 39.0 Å². The first kappa shape index (κ1) is 22.6. The average molecular weight is 477 g/mol. The quantitative estimate of drug-likeness (QED) is 0.330. The Morgan fingerprint density at radius 1 is 1.06 bits per heavy atom. The number of rotatable bonds is 7. The van der Waals surface area contributed by atoms with Gasteiger partial charge in [0.25, 0.3) is 5.91 Å². The summed E-state index contributed by atoms with van der Waals surface area (Å²) in [6, 6.07) is 17.4. The van der Waals surface area contributed by atoms with Crippen LogP contribution in [0, 0.1) is 18.3 Å². The third-order valence-corrected chi connectivity index (χ3v) is 5.74. The highest BCUT2D eigenvalue weighted by molar-refractivity contribution is 6.09. The van der Waals surface area contributed by atoms with Crippen molar-refractivity contribution in [3.63, 3.8) is 0 Å². The fraction of sp³-hybridized carbons (Fsp3) is 0.0741. The molecule has 0 fully saturated rings. The Labute approximate surface area is 205 Å². The lowest BCUT2D eigenvalue weighted by atomic mass is 10.0. The molecule has 0 saturated heterocycles. The number of Topliss-reactive ketones (excluding diaryl/α,β-unsaturated/α-hetero) is 1. The number of fused-ring (bicyclic) bond motifs is 2. The first-order chi connectivity index (χ1) is 17.4. The molecule has 5 aromatic rings. The van der Waals surface area contributed by atoms with E-state index in [9.17, 15) is 9.59 Å². The van der Waals surface area contributed by atoms with Crippen LogP contribution >= 0.6 is 0 Å². The number of aromatic nitrogens is 3. The van der Waals surface area contributed by atoms with Gasteiger partial charge in [0.15, 0.2) is 6.61 Å². The number of aromatic amines is 1. The molecule has 3 N–H and O–H groups in total. The third kappa shape index (κ3) is 4.31. The van der Waals surface area contributed by atoms with Crippen LogP contribution in [-0.2, 0) is 0 Å². The number of hydrogen-bond donors (Lipinski definition) is 2. The number of benzene rings is 3. The molecular formula is C27H19N5O4. The van der Waals surface area contributed by atoms with Gasteiger partial charge in [0.05, 0.1) is 23.4 Å². The van der Waals surface area contributed by atoms with E-state index < -0.39 is 5.91 Å². The van der Waals surface area contributed by atoms with Gasteiger partial charge in [-0.05, 0) is 60.2 Å². The van der Waals surface area contributed by atoms with Gasteiger partial charge in [-0.15, -0.1) is 5.10 Å². The molecule has 0 aliphatic rings. The Bertz CT molecular complexity index is 1700. The van der Waals surface area contributed by atoms with E-state index in [2.05, 4.69) is 21.3 Å². The van der Waals surface area contributed by atoms with E-state index in [1.165, 1.54) is 0 Å². The van der Waals surface area contributed by atoms with Gasteiger partial charge in [-0.2, -0.15) is 10.4 Å². The summed E-state index contributed by atoms with van der Waals surface area (Å²) in [5, 5.41) is 19.1. The molecule has 3 aromatic carbocycles. The molecule has 0 unspecified atom stereocenters. The number of H-pyrrole nitrogens is 1. The number of nitriles is 1. The first-order valence-electron chi connectivity index (χ1n) is 10.9. The number of nitrogens with one attached hydrogen (secondary N) is 1. The van der Waals surface area contributed by atoms with Crippen molar-refractivity contribution in [2.24, 2.45) is 5.73 Å². The molecule has 1 amide bonds. The SMILES string of the molecule is Cc1ccnnc1Oc1ccc2c(C(=O)COc3cc4ccc(C#N)cc4cc3C(N)=O)c[nH]c2c1. The molecule has 9 nitrogen and oxygen atoms in total. The molecule has 2 aromatic heterocycles. The van der Waals surface area contributed by atoms with E-state index in [0.717, 1.165) is 10.9 Å². The Morgan fingerprint density at radius 3 is 2.69 bits per heavy atom. The number of nitrogens with two attached hydrogens (primary N) is 1. The maximum absolute atomic E-state index is 13.0. The van der Waals surface area contributed by atoms with Crippen molar-refractivity contribution < 1.29 is 19.1 Å². The normalized spacial score (nSPS) is 10.8. The molecular weight excluding hydrogens is 458 g/mol. The van der Waals surface area contributed by atoms with E-state index in [-0.39, 0.29) is 23.7 Å². The minimum absolute atomic E-state index is 0.130. The second-order valence-corrected chi connectivity index (χ2v) is 8.13. The molecule has 176 valence electrons. The van der Waals surface area contributed by atoms with Crippen LogP contribution in [0.2, 0.25) is 0 Å². The molecule has 0 atom stereocenters. The number of hydrogen-bond acceptors (Lipinski definition) is 7. The minimum Gasteiger partial charge on any atom is -0.485 e. The number of primary amides is 1. The molecule has 2 heterocycles. The molecule has 9 heteroatoms. The number of carbonyl (C=O) groups is 2. The maximum atomic E-state index is 13.0. The fourth-order valence-corrected chi connectivity index (χ4v) is 3.87. The molecule has 0 spiro atoms. The molecule has 0 saturated carbocycles. The predicted octanol–water partition coefficient (Wildman–Crippen LogP) is 4.44. The lowest BCUT2D eigenvalue weighted by Gasteiger charge is -2.11. The summed E-state index contributed by atoms with van der Waals surface area (Å²) < 4.78 is 11.6. The number of amides is 1. The van der Waals surface area contributed by atoms with Crippen molar-refractivity contribution in [3.8, 4) is 23.4 Å². The van der Waals surface area contributed by atoms with Crippen molar-refractivity contribution in [2.45, 2.75) is 6.92 Å². The largest absolute Gasteiger partial charge is 0.485 e. The van der Waals surface area contributed by atoms with Gasteiger partial charge >= 0.3 is 0 Å². The van der Waals surface area contributed by atoms with E-state index in [1.807, 2.05) is 6.92 Å². The Balaban J connectivity index is 1.37. The van der Waals surface area contributed by atoms with Crippen LogP contribution in [0.4, 0.5) is 0 Å². The second-order valence-electron chi connectivity index (χ2n) is 8.13. The van der Waals surface area contributed by atoms with Crippen LogP contribution < -0.4 is 15.2 Å². The van der Waals surface area contributed by atoms with Crippen LogP contribution in [0.1, 0.15) is 31.8 Å². The Kier molecular flexibility index (Phi) is 5.76.